The SMILES string of the molecule is CCNc1ncc(Cl)c(Oc2cc([N+](=O)[O-])ccc2Br)n1. The second-order valence-electron chi connectivity index (χ2n) is 3.85. The van der Waals surface area contributed by atoms with Crippen LogP contribution in [0.25, 0.3) is 0 Å². The number of nitro benzene ring substituents is 1. The lowest BCUT2D eigenvalue weighted by atomic mass is 10.3. The summed E-state index contributed by atoms with van der Waals surface area (Å²) in [5.41, 5.74) is -0.0923. The summed E-state index contributed by atoms with van der Waals surface area (Å²) in [7, 11) is 0. The second kappa shape index (κ2) is 6.68. The van der Waals surface area contributed by atoms with E-state index < -0.39 is 4.92 Å². The Morgan fingerprint density at radius 1 is 1.52 bits per heavy atom. The third-order valence-electron chi connectivity index (χ3n) is 2.38. The van der Waals surface area contributed by atoms with Crippen molar-refractivity contribution in [2.45, 2.75) is 6.92 Å². The molecule has 1 aromatic heterocycles. The number of nitro groups is 1. The van der Waals surface area contributed by atoms with Crippen LogP contribution in [0.3, 0.4) is 0 Å². The quantitative estimate of drug-likeness (QED) is 0.628. The summed E-state index contributed by atoms with van der Waals surface area (Å²) in [6.07, 6.45) is 1.40. The van der Waals surface area contributed by atoms with E-state index in [9.17, 15) is 10.1 Å². The van der Waals surface area contributed by atoms with Gasteiger partial charge < -0.3 is 10.1 Å². The van der Waals surface area contributed by atoms with Crippen molar-refractivity contribution in [2.75, 3.05) is 11.9 Å². The van der Waals surface area contributed by atoms with Crippen LogP contribution >= 0.6 is 27.5 Å². The number of hydrogen-bond acceptors (Lipinski definition) is 6. The number of hydrogen-bond donors (Lipinski definition) is 1. The molecule has 0 aliphatic rings. The zero-order chi connectivity index (χ0) is 15.4. The van der Waals surface area contributed by atoms with Gasteiger partial charge in [-0.15, -0.1) is 0 Å². The minimum atomic E-state index is -0.509. The van der Waals surface area contributed by atoms with E-state index in [0.29, 0.717) is 17.0 Å². The number of nitrogens with zero attached hydrogens (tertiary/aromatic N) is 3. The van der Waals surface area contributed by atoms with E-state index in [4.69, 9.17) is 16.3 Å². The van der Waals surface area contributed by atoms with Gasteiger partial charge in [0.25, 0.3) is 5.69 Å². The lowest BCUT2D eigenvalue weighted by molar-refractivity contribution is -0.384. The third-order valence-corrected chi connectivity index (χ3v) is 3.29. The maximum atomic E-state index is 10.8. The van der Waals surface area contributed by atoms with Crippen LogP contribution in [-0.4, -0.2) is 21.4 Å². The first kappa shape index (κ1) is 15.5. The van der Waals surface area contributed by atoms with E-state index in [1.807, 2.05) is 6.92 Å². The third kappa shape index (κ3) is 3.79. The molecule has 0 fully saturated rings. The van der Waals surface area contributed by atoms with Gasteiger partial charge in [0, 0.05) is 12.6 Å². The van der Waals surface area contributed by atoms with E-state index >= 15 is 0 Å². The molecule has 2 aromatic rings. The van der Waals surface area contributed by atoms with Crippen molar-refractivity contribution in [3.8, 4) is 11.6 Å². The molecule has 0 aliphatic carbocycles. The molecule has 0 saturated heterocycles. The molecule has 0 unspecified atom stereocenters. The van der Waals surface area contributed by atoms with Gasteiger partial charge in [0.1, 0.15) is 5.02 Å². The fourth-order valence-electron chi connectivity index (χ4n) is 1.45. The molecule has 0 saturated carbocycles. The van der Waals surface area contributed by atoms with Crippen LogP contribution in [0.1, 0.15) is 6.92 Å². The van der Waals surface area contributed by atoms with Gasteiger partial charge in [0.2, 0.25) is 11.8 Å². The number of nitrogens with one attached hydrogen (secondary N) is 1. The van der Waals surface area contributed by atoms with Crippen LogP contribution in [0.5, 0.6) is 11.6 Å². The molecule has 1 aromatic carbocycles. The molecular formula is C12H10BrClN4O3. The molecule has 0 radical (unpaired) electrons. The van der Waals surface area contributed by atoms with Gasteiger partial charge in [-0.05, 0) is 28.9 Å². The van der Waals surface area contributed by atoms with Crippen molar-refractivity contribution in [3.05, 3.63) is 44.0 Å². The molecule has 0 bridgehead atoms. The Kier molecular flexibility index (Phi) is 4.92. The van der Waals surface area contributed by atoms with Gasteiger partial charge in [-0.25, -0.2) is 4.98 Å². The number of halogens is 2. The summed E-state index contributed by atoms with van der Waals surface area (Å²) >= 11 is 9.24. The number of rotatable bonds is 5. The number of benzene rings is 1. The molecule has 110 valence electrons. The van der Waals surface area contributed by atoms with Crippen LogP contribution in [0.4, 0.5) is 11.6 Å². The Morgan fingerprint density at radius 3 is 2.95 bits per heavy atom. The van der Waals surface area contributed by atoms with Gasteiger partial charge in [0.15, 0.2) is 5.75 Å². The summed E-state index contributed by atoms with van der Waals surface area (Å²) in [5.74, 6) is 0.717. The zero-order valence-electron chi connectivity index (χ0n) is 10.8. The van der Waals surface area contributed by atoms with Gasteiger partial charge in [-0.3, -0.25) is 10.1 Å². The Hall–Kier alpha value is -1.93. The maximum absolute atomic E-state index is 10.8. The Balaban J connectivity index is 2.35. The molecular weight excluding hydrogens is 364 g/mol. The van der Waals surface area contributed by atoms with Crippen molar-refractivity contribution < 1.29 is 9.66 Å². The molecule has 2 rings (SSSR count). The fraction of sp³-hybridized carbons (Fsp3) is 0.167. The molecule has 0 spiro atoms. The van der Waals surface area contributed by atoms with E-state index in [2.05, 4.69) is 31.2 Å². The molecule has 9 heteroatoms. The fourth-order valence-corrected chi connectivity index (χ4v) is 1.91. The number of non-ortho nitro benzene ring substituents is 1. The minimum absolute atomic E-state index is 0.0923. The maximum Gasteiger partial charge on any atom is 0.273 e. The smallest absolute Gasteiger partial charge is 0.273 e. The number of ether oxygens (including phenoxy) is 1. The summed E-state index contributed by atoms with van der Waals surface area (Å²) < 4.78 is 6.09. The number of aromatic nitrogens is 2. The van der Waals surface area contributed by atoms with Crippen molar-refractivity contribution in [3.63, 3.8) is 0 Å². The lowest BCUT2D eigenvalue weighted by Gasteiger charge is -2.09. The number of anilines is 1. The van der Waals surface area contributed by atoms with Crippen molar-refractivity contribution >= 4 is 39.2 Å². The van der Waals surface area contributed by atoms with Crippen molar-refractivity contribution in [1.82, 2.24) is 9.97 Å². The average molecular weight is 374 g/mol. The van der Waals surface area contributed by atoms with Gasteiger partial charge in [0.05, 0.1) is 21.7 Å². The van der Waals surface area contributed by atoms with E-state index in [0.717, 1.165) is 0 Å². The topological polar surface area (TPSA) is 90.2 Å². The Morgan fingerprint density at radius 2 is 2.29 bits per heavy atom. The first-order chi connectivity index (χ1) is 10.0. The zero-order valence-corrected chi connectivity index (χ0v) is 13.2. The predicted molar refractivity (Wildman–Crippen MR) is 82.1 cm³/mol. The first-order valence-corrected chi connectivity index (χ1v) is 7.06. The molecule has 0 atom stereocenters. The highest BCUT2D eigenvalue weighted by molar-refractivity contribution is 9.10. The van der Waals surface area contributed by atoms with Crippen LogP contribution in [0.15, 0.2) is 28.9 Å². The molecule has 1 N–H and O–H groups in total. The summed E-state index contributed by atoms with van der Waals surface area (Å²) in [5, 5.41) is 13.9. The highest BCUT2D eigenvalue weighted by Crippen LogP contribution is 2.34. The van der Waals surface area contributed by atoms with Gasteiger partial charge >= 0.3 is 0 Å². The Bertz CT molecular complexity index is 684. The molecule has 0 aliphatic heterocycles. The molecule has 21 heavy (non-hydrogen) atoms. The monoisotopic (exact) mass is 372 g/mol. The Labute approximate surface area is 133 Å². The lowest BCUT2D eigenvalue weighted by Crippen LogP contribution is -2.03. The standard InChI is InChI=1S/C12H10BrClN4O3/c1-2-15-12-16-6-9(14)11(17-12)21-10-5-7(18(19)20)3-4-8(10)13/h3-6H,2H2,1H3,(H,15,16,17). The van der Waals surface area contributed by atoms with Crippen LogP contribution < -0.4 is 10.1 Å². The van der Waals surface area contributed by atoms with E-state index in [1.165, 1.54) is 24.4 Å². The van der Waals surface area contributed by atoms with Crippen LogP contribution in [0, 0.1) is 10.1 Å². The van der Waals surface area contributed by atoms with E-state index in [1.54, 1.807) is 0 Å². The van der Waals surface area contributed by atoms with Gasteiger partial charge in [-0.2, -0.15) is 4.98 Å². The van der Waals surface area contributed by atoms with E-state index in [-0.39, 0.29) is 22.3 Å². The summed E-state index contributed by atoms with van der Waals surface area (Å²) in [6.45, 7) is 2.54. The minimum Gasteiger partial charge on any atom is -0.436 e. The summed E-state index contributed by atoms with van der Waals surface area (Å²) in [4.78, 5) is 18.4. The highest BCUT2D eigenvalue weighted by atomic mass is 79.9. The normalized spacial score (nSPS) is 10.2. The first-order valence-electron chi connectivity index (χ1n) is 5.89. The molecule has 7 nitrogen and oxygen atoms in total. The molecule has 1 heterocycles. The van der Waals surface area contributed by atoms with Crippen LogP contribution in [0.2, 0.25) is 5.02 Å². The largest absolute Gasteiger partial charge is 0.436 e. The molecule has 0 amide bonds. The highest BCUT2D eigenvalue weighted by Gasteiger charge is 2.14. The van der Waals surface area contributed by atoms with Crippen molar-refractivity contribution in [1.29, 1.82) is 0 Å². The van der Waals surface area contributed by atoms with Gasteiger partial charge in [-0.1, -0.05) is 11.6 Å². The van der Waals surface area contributed by atoms with Crippen LogP contribution in [-0.2, 0) is 0 Å². The van der Waals surface area contributed by atoms with Crippen molar-refractivity contribution in [2.24, 2.45) is 0 Å². The average Bonchev–Trinajstić information content (AvgIpc) is 2.45. The second-order valence-corrected chi connectivity index (χ2v) is 5.11. The predicted octanol–water partition coefficient (Wildman–Crippen LogP) is 4.02. The summed E-state index contributed by atoms with van der Waals surface area (Å²) in [6, 6.07) is 4.17.